The number of nitrogens with zero attached hydrogens (tertiary/aromatic N) is 2. The highest BCUT2D eigenvalue weighted by Crippen LogP contribution is 2.26. The zero-order valence-electron chi connectivity index (χ0n) is 18.7. The molecular weight excluding hydrogens is 464 g/mol. The van der Waals surface area contributed by atoms with Gasteiger partial charge in [0.15, 0.2) is 0 Å². The lowest BCUT2D eigenvalue weighted by atomic mass is 9.97. The molecule has 0 spiro atoms. The molecule has 0 unspecified atom stereocenters. The third-order valence-corrected chi connectivity index (χ3v) is 5.40. The van der Waals surface area contributed by atoms with E-state index in [0.717, 1.165) is 5.56 Å². The Hall–Kier alpha value is -3.63. The first-order chi connectivity index (χ1) is 16.3. The second-order valence-corrected chi connectivity index (χ2v) is 8.02. The van der Waals surface area contributed by atoms with E-state index in [9.17, 15) is 14.4 Å². The maximum atomic E-state index is 13.4. The van der Waals surface area contributed by atoms with Gasteiger partial charge in [-0.25, -0.2) is 4.79 Å². The van der Waals surface area contributed by atoms with E-state index in [1.807, 2.05) is 0 Å². The number of hydrogen-bond acceptors (Lipinski definition) is 7. The number of carbonyl (C=O) groups excluding carboxylic acids is 2. The van der Waals surface area contributed by atoms with Gasteiger partial charge in [0.05, 0.1) is 38.8 Å². The van der Waals surface area contributed by atoms with Crippen LogP contribution in [0, 0.1) is 5.92 Å². The molecule has 0 aliphatic carbocycles. The van der Waals surface area contributed by atoms with Gasteiger partial charge < -0.3 is 20.1 Å². The third-order valence-electron chi connectivity index (χ3n) is 5.16. The van der Waals surface area contributed by atoms with Crippen molar-refractivity contribution >= 4 is 40.9 Å². The molecule has 11 heteroatoms. The summed E-state index contributed by atoms with van der Waals surface area (Å²) < 4.78 is 5.39. The van der Waals surface area contributed by atoms with Crippen molar-refractivity contribution in [1.82, 2.24) is 10.4 Å². The van der Waals surface area contributed by atoms with Crippen molar-refractivity contribution in [3.8, 4) is 5.75 Å². The van der Waals surface area contributed by atoms with Crippen LogP contribution in [-0.2, 0) is 20.8 Å². The number of halogens is 1. The number of hydrogen-bond donors (Lipinski definition) is 3. The highest BCUT2D eigenvalue weighted by atomic mass is 35.5. The normalized spacial score (nSPS) is 15.9. The Morgan fingerprint density at radius 2 is 2.03 bits per heavy atom. The number of ether oxygens (including phenoxy) is 1. The Morgan fingerprint density at radius 3 is 2.74 bits per heavy atom. The van der Waals surface area contributed by atoms with Gasteiger partial charge in [-0.15, -0.1) is 0 Å². The average Bonchev–Trinajstić information content (AvgIpc) is 2.94. The predicted molar refractivity (Wildman–Crippen MR) is 126 cm³/mol. The van der Waals surface area contributed by atoms with Gasteiger partial charge in [-0.2, -0.15) is 0 Å². The Labute approximate surface area is 201 Å². The Kier molecular flexibility index (Phi) is 8.44. The molecule has 2 aromatic rings. The molecule has 1 aliphatic rings. The van der Waals surface area contributed by atoms with E-state index in [1.54, 1.807) is 24.3 Å². The molecule has 0 bridgehead atoms. The SMILES string of the molecule is CONC1=NC[C@@H](Cc2cc(Cl)ccc2OC)C(=O)N(CC(=O)Nc2cccc(C(=O)O)c2)C1. The molecule has 0 radical (unpaired) electrons. The zero-order chi connectivity index (χ0) is 24.7. The molecule has 34 heavy (non-hydrogen) atoms. The van der Waals surface area contributed by atoms with Gasteiger partial charge in [-0.05, 0) is 48.4 Å². The molecule has 2 amide bonds. The van der Waals surface area contributed by atoms with E-state index in [1.165, 1.54) is 37.3 Å². The highest BCUT2D eigenvalue weighted by Gasteiger charge is 2.30. The van der Waals surface area contributed by atoms with E-state index in [4.69, 9.17) is 26.3 Å². The standard InChI is InChI=1S/C23H25ClN4O6/c1-33-19-7-6-17(24)9-15(19)8-16-11-25-20(27-34-2)12-28(22(16)30)13-21(29)26-18-5-3-4-14(10-18)23(31)32/h3-7,9-10,16H,8,11-13H2,1-2H3,(H,25,27)(H,26,29)(H,31,32)/t16-/m1/s1. The van der Waals surface area contributed by atoms with Crippen LogP contribution in [0.4, 0.5) is 5.69 Å². The van der Waals surface area contributed by atoms with Crippen LogP contribution < -0.4 is 15.5 Å². The summed E-state index contributed by atoms with van der Waals surface area (Å²) in [5.74, 6) is -1.42. The molecular formula is C23H25ClN4O6. The summed E-state index contributed by atoms with van der Waals surface area (Å²) in [6.07, 6.45) is 0.311. The molecule has 1 atom stereocenters. The third kappa shape index (κ3) is 6.46. The second kappa shape index (κ2) is 11.5. The largest absolute Gasteiger partial charge is 0.496 e. The monoisotopic (exact) mass is 488 g/mol. The summed E-state index contributed by atoms with van der Waals surface area (Å²) in [6, 6.07) is 11.0. The number of carboxylic acid groups (broad SMARTS) is 1. The van der Waals surface area contributed by atoms with Gasteiger partial charge in [-0.1, -0.05) is 17.7 Å². The minimum Gasteiger partial charge on any atom is -0.496 e. The van der Waals surface area contributed by atoms with E-state index >= 15 is 0 Å². The molecule has 0 saturated heterocycles. The van der Waals surface area contributed by atoms with E-state index in [0.29, 0.717) is 28.7 Å². The topological polar surface area (TPSA) is 130 Å². The van der Waals surface area contributed by atoms with Crippen molar-refractivity contribution in [2.75, 3.05) is 39.2 Å². The van der Waals surface area contributed by atoms with Gasteiger partial charge in [0.2, 0.25) is 11.8 Å². The summed E-state index contributed by atoms with van der Waals surface area (Å²) in [5.41, 5.74) is 3.75. The first-order valence-electron chi connectivity index (χ1n) is 10.4. The summed E-state index contributed by atoms with van der Waals surface area (Å²) in [6.45, 7) is -0.0405. The number of amides is 2. The highest BCUT2D eigenvalue weighted by molar-refractivity contribution is 6.30. The van der Waals surface area contributed by atoms with Crippen molar-refractivity contribution in [3.05, 3.63) is 58.6 Å². The Bertz CT molecular complexity index is 1110. The number of aromatic carboxylic acids is 1. The van der Waals surface area contributed by atoms with Crippen molar-refractivity contribution in [2.45, 2.75) is 6.42 Å². The molecule has 10 nitrogen and oxygen atoms in total. The lowest BCUT2D eigenvalue weighted by Gasteiger charge is -2.24. The number of nitrogens with one attached hydrogen (secondary N) is 2. The van der Waals surface area contributed by atoms with Crippen molar-refractivity contribution in [2.24, 2.45) is 10.9 Å². The summed E-state index contributed by atoms with van der Waals surface area (Å²) in [7, 11) is 2.96. The van der Waals surface area contributed by atoms with Gasteiger partial charge in [0.1, 0.15) is 18.1 Å². The molecule has 3 N–H and O–H groups in total. The summed E-state index contributed by atoms with van der Waals surface area (Å²) in [5, 5.41) is 12.3. The second-order valence-electron chi connectivity index (χ2n) is 7.58. The van der Waals surface area contributed by atoms with E-state index in [2.05, 4.69) is 15.8 Å². The zero-order valence-corrected chi connectivity index (χ0v) is 19.5. The molecule has 3 rings (SSSR count). The van der Waals surface area contributed by atoms with Crippen molar-refractivity contribution < 1.29 is 29.1 Å². The fourth-order valence-electron chi connectivity index (χ4n) is 3.61. The minimum absolute atomic E-state index is 0.0397. The number of amidine groups is 1. The quantitative estimate of drug-likeness (QED) is 0.486. The van der Waals surface area contributed by atoms with Crippen LogP contribution in [-0.4, -0.2) is 67.5 Å². The van der Waals surface area contributed by atoms with Gasteiger partial charge in [-0.3, -0.25) is 24.9 Å². The lowest BCUT2D eigenvalue weighted by molar-refractivity contribution is -0.137. The number of carboxylic acids is 1. The molecule has 2 aromatic carbocycles. The first-order valence-corrected chi connectivity index (χ1v) is 10.7. The van der Waals surface area contributed by atoms with E-state index in [-0.39, 0.29) is 31.1 Å². The van der Waals surface area contributed by atoms with Gasteiger partial charge in [0, 0.05) is 10.7 Å². The molecule has 0 fully saturated rings. The van der Waals surface area contributed by atoms with Crippen molar-refractivity contribution in [3.63, 3.8) is 0 Å². The molecule has 180 valence electrons. The van der Waals surface area contributed by atoms with Crippen LogP contribution in [0.15, 0.2) is 47.5 Å². The van der Waals surface area contributed by atoms with Crippen LogP contribution in [0.2, 0.25) is 5.02 Å². The number of carbonyl (C=O) groups is 3. The predicted octanol–water partition coefficient (Wildman–Crippen LogP) is 2.24. The van der Waals surface area contributed by atoms with Crippen LogP contribution >= 0.6 is 11.6 Å². The van der Waals surface area contributed by atoms with Crippen LogP contribution in [0.5, 0.6) is 5.75 Å². The number of benzene rings is 2. The molecule has 1 aliphatic heterocycles. The molecule has 0 aromatic heterocycles. The van der Waals surface area contributed by atoms with Crippen LogP contribution in [0.1, 0.15) is 15.9 Å². The van der Waals surface area contributed by atoms with Crippen LogP contribution in [0.25, 0.3) is 0 Å². The number of hydroxylamine groups is 1. The minimum atomic E-state index is -1.11. The van der Waals surface area contributed by atoms with Crippen molar-refractivity contribution in [1.29, 1.82) is 0 Å². The maximum Gasteiger partial charge on any atom is 0.335 e. The first kappa shape index (κ1) is 25.0. The maximum absolute atomic E-state index is 13.4. The fourth-order valence-corrected chi connectivity index (χ4v) is 3.80. The summed E-state index contributed by atoms with van der Waals surface area (Å²) in [4.78, 5) is 48.0. The number of anilines is 1. The number of methoxy groups -OCH3 is 1. The molecule has 0 saturated carbocycles. The van der Waals surface area contributed by atoms with E-state index < -0.39 is 17.8 Å². The summed E-state index contributed by atoms with van der Waals surface area (Å²) >= 11 is 6.14. The Balaban J connectivity index is 1.78. The Morgan fingerprint density at radius 1 is 1.24 bits per heavy atom. The number of rotatable bonds is 8. The average molecular weight is 489 g/mol. The van der Waals surface area contributed by atoms with Gasteiger partial charge >= 0.3 is 5.97 Å². The van der Waals surface area contributed by atoms with Gasteiger partial charge in [0.25, 0.3) is 0 Å². The fraction of sp³-hybridized carbons (Fsp3) is 0.304. The number of aliphatic imine (C=N–C) groups is 1. The smallest absolute Gasteiger partial charge is 0.335 e. The van der Waals surface area contributed by atoms with Crippen LogP contribution in [0.3, 0.4) is 0 Å². The molecule has 1 heterocycles. The lowest BCUT2D eigenvalue weighted by Crippen LogP contribution is -2.45.